The van der Waals surface area contributed by atoms with E-state index in [0.29, 0.717) is 39.8 Å². The van der Waals surface area contributed by atoms with Gasteiger partial charge in [0.05, 0.1) is 21.3 Å². The maximum Gasteiger partial charge on any atom is 0.257 e. The van der Waals surface area contributed by atoms with Gasteiger partial charge in [-0.1, -0.05) is 6.07 Å². The van der Waals surface area contributed by atoms with Gasteiger partial charge in [-0.15, -0.1) is 0 Å². The van der Waals surface area contributed by atoms with Gasteiger partial charge in [-0.25, -0.2) is 4.98 Å². The molecule has 0 aliphatic carbocycles. The van der Waals surface area contributed by atoms with Crippen LogP contribution in [0.2, 0.25) is 0 Å². The van der Waals surface area contributed by atoms with Crippen molar-refractivity contribution in [1.82, 2.24) is 10.3 Å². The molecule has 1 amide bonds. The average Bonchev–Trinajstić information content (AvgIpc) is 3.28. The van der Waals surface area contributed by atoms with Crippen LogP contribution in [0.1, 0.15) is 15.9 Å². The highest BCUT2D eigenvalue weighted by Crippen LogP contribution is 2.30. The predicted octanol–water partition coefficient (Wildman–Crippen LogP) is 4.96. The van der Waals surface area contributed by atoms with Crippen molar-refractivity contribution < 1.29 is 23.4 Å². The Hall–Kier alpha value is -4.11. The Morgan fingerprint density at radius 1 is 0.941 bits per heavy atom. The molecule has 3 aromatic carbocycles. The number of nitrogens with zero attached hydrogens (tertiary/aromatic N) is 1. The van der Waals surface area contributed by atoms with Crippen molar-refractivity contribution in [2.45, 2.75) is 6.92 Å². The minimum Gasteiger partial charge on any atom is -0.497 e. The Bertz CT molecular complexity index is 1380. The Kier molecular flexibility index (Phi) is 6.65. The maximum atomic E-state index is 12.7. The van der Waals surface area contributed by atoms with Crippen LogP contribution < -0.4 is 24.8 Å². The first-order chi connectivity index (χ1) is 16.4. The van der Waals surface area contributed by atoms with Crippen LogP contribution in [0.5, 0.6) is 17.2 Å². The van der Waals surface area contributed by atoms with Gasteiger partial charge in [-0.05, 0) is 67.2 Å². The molecule has 4 aromatic rings. The van der Waals surface area contributed by atoms with Gasteiger partial charge >= 0.3 is 0 Å². The summed E-state index contributed by atoms with van der Waals surface area (Å²) >= 11 is 5.37. The third kappa shape index (κ3) is 4.79. The molecule has 0 radical (unpaired) electrons. The smallest absolute Gasteiger partial charge is 0.257 e. The van der Waals surface area contributed by atoms with Gasteiger partial charge < -0.3 is 23.9 Å². The third-order valence-electron chi connectivity index (χ3n) is 5.20. The molecule has 1 heterocycles. The molecular formula is C25H23N3O5S. The Balaban J connectivity index is 1.51. The second kappa shape index (κ2) is 9.80. The molecule has 2 N–H and O–H groups in total. The number of carbonyl (C=O) groups is 1. The summed E-state index contributed by atoms with van der Waals surface area (Å²) < 4.78 is 21.6. The van der Waals surface area contributed by atoms with E-state index >= 15 is 0 Å². The van der Waals surface area contributed by atoms with Crippen molar-refractivity contribution >= 4 is 40.0 Å². The fourth-order valence-electron chi connectivity index (χ4n) is 3.35. The predicted molar refractivity (Wildman–Crippen MR) is 134 cm³/mol. The molecule has 0 fully saturated rings. The summed E-state index contributed by atoms with van der Waals surface area (Å²) in [6.45, 7) is 1.93. The number of oxazole rings is 1. The third-order valence-corrected chi connectivity index (χ3v) is 5.40. The second-order valence-electron chi connectivity index (χ2n) is 7.36. The summed E-state index contributed by atoms with van der Waals surface area (Å²) in [5.41, 5.74) is 4.15. The molecule has 0 bridgehead atoms. The molecule has 0 aliphatic heterocycles. The van der Waals surface area contributed by atoms with E-state index in [2.05, 4.69) is 15.6 Å². The number of hydrogen-bond donors (Lipinski definition) is 2. The number of carbonyl (C=O) groups excluding carboxylic acids is 1. The van der Waals surface area contributed by atoms with Gasteiger partial charge in [0.25, 0.3) is 5.91 Å². The van der Waals surface area contributed by atoms with Crippen LogP contribution in [0.25, 0.3) is 22.6 Å². The van der Waals surface area contributed by atoms with Crippen molar-refractivity contribution in [3.05, 3.63) is 65.7 Å². The standard InChI is InChI=1S/C25H23N3O5S/c1-14-5-6-16(24-26-19-13-17(30-2)8-10-20(19)33-24)11-18(14)27-25(34)28-23(29)15-7-9-21(31-3)22(12-15)32-4/h5-13H,1-4H3,(H2,27,28,29,34). The number of methoxy groups -OCH3 is 3. The quantitative estimate of drug-likeness (QED) is 0.377. The van der Waals surface area contributed by atoms with E-state index in [-0.39, 0.29) is 11.0 Å². The van der Waals surface area contributed by atoms with Crippen molar-refractivity contribution in [3.63, 3.8) is 0 Å². The molecule has 9 heteroatoms. The van der Waals surface area contributed by atoms with Crippen molar-refractivity contribution in [1.29, 1.82) is 0 Å². The Labute approximate surface area is 201 Å². The van der Waals surface area contributed by atoms with E-state index in [4.69, 9.17) is 30.8 Å². The summed E-state index contributed by atoms with van der Waals surface area (Å²) in [5.74, 6) is 1.78. The number of aryl methyl sites for hydroxylation is 1. The molecule has 0 aliphatic rings. The van der Waals surface area contributed by atoms with E-state index in [0.717, 1.165) is 16.8 Å². The number of hydrogen-bond acceptors (Lipinski definition) is 7. The van der Waals surface area contributed by atoms with Crippen molar-refractivity contribution in [2.24, 2.45) is 0 Å². The maximum absolute atomic E-state index is 12.7. The molecule has 0 spiro atoms. The normalized spacial score (nSPS) is 10.6. The lowest BCUT2D eigenvalue weighted by atomic mass is 10.1. The average molecular weight is 478 g/mol. The van der Waals surface area contributed by atoms with Crippen LogP contribution in [0.3, 0.4) is 0 Å². The van der Waals surface area contributed by atoms with Gasteiger partial charge in [0.1, 0.15) is 11.3 Å². The van der Waals surface area contributed by atoms with E-state index < -0.39 is 0 Å². The van der Waals surface area contributed by atoms with E-state index in [1.165, 1.54) is 14.2 Å². The molecule has 0 atom stereocenters. The second-order valence-corrected chi connectivity index (χ2v) is 7.77. The summed E-state index contributed by atoms with van der Waals surface area (Å²) in [4.78, 5) is 17.2. The highest BCUT2D eigenvalue weighted by Gasteiger charge is 2.14. The zero-order valence-electron chi connectivity index (χ0n) is 19.1. The zero-order valence-corrected chi connectivity index (χ0v) is 19.9. The number of benzene rings is 3. The fourth-order valence-corrected chi connectivity index (χ4v) is 3.56. The molecule has 4 rings (SSSR count). The van der Waals surface area contributed by atoms with Crippen LogP contribution >= 0.6 is 12.2 Å². The largest absolute Gasteiger partial charge is 0.497 e. The summed E-state index contributed by atoms with van der Waals surface area (Å²) in [6.07, 6.45) is 0. The summed E-state index contributed by atoms with van der Waals surface area (Å²) in [6, 6.07) is 16.0. The minimum atomic E-state index is -0.375. The molecule has 174 valence electrons. The van der Waals surface area contributed by atoms with E-state index in [1.807, 2.05) is 43.3 Å². The highest BCUT2D eigenvalue weighted by atomic mass is 32.1. The molecule has 34 heavy (non-hydrogen) atoms. The van der Waals surface area contributed by atoms with Crippen LogP contribution in [0.15, 0.2) is 59.0 Å². The number of rotatable bonds is 6. The number of fused-ring (bicyclic) bond motifs is 1. The lowest BCUT2D eigenvalue weighted by molar-refractivity contribution is 0.0977. The topological polar surface area (TPSA) is 94.9 Å². The zero-order chi connectivity index (χ0) is 24.2. The number of nitrogens with one attached hydrogen (secondary N) is 2. The molecule has 0 saturated heterocycles. The van der Waals surface area contributed by atoms with Crippen molar-refractivity contribution in [2.75, 3.05) is 26.6 Å². The van der Waals surface area contributed by atoms with Gasteiger partial charge in [0, 0.05) is 22.9 Å². The van der Waals surface area contributed by atoms with Crippen LogP contribution in [0.4, 0.5) is 5.69 Å². The summed E-state index contributed by atoms with van der Waals surface area (Å²) in [7, 11) is 4.65. The Morgan fingerprint density at radius 2 is 1.74 bits per heavy atom. The number of ether oxygens (including phenoxy) is 3. The molecule has 8 nitrogen and oxygen atoms in total. The van der Waals surface area contributed by atoms with Gasteiger partial charge in [0.15, 0.2) is 22.2 Å². The number of anilines is 1. The van der Waals surface area contributed by atoms with Gasteiger partial charge in [-0.3, -0.25) is 10.1 Å². The highest BCUT2D eigenvalue weighted by molar-refractivity contribution is 7.80. The number of aromatic nitrogens is 1. The van der Waals surface area contributed by atoms with Crippen LogP contribution in [0, 0.1) is 6.92 Å². The molecule has 0 saturated carbocycles. The Morgan fingerprint density at radius 3 is 2.47 bits per heavy atom. The van der Waals surface area contributed by atoms with Crippen LogP contribution in [-0.2, 0) is 0 Å². The van der Waals surface area contributed by atoms with Gasteiger partial charge in [0.2, 0.25) is 5.89 Å². The van der Waals surface area contributed by atoms with Crippen molar-refractivity contribution in [3.8, 4) is 28.7 Å². The van der Waals surface area contributed by atoms with E-state index in [9.17, 15) is 4.79 Å². The lowest BCUT2D eigenvalue weighted by Gasteiger charge is -2.13. The molecule has 0 unspecified atom stereocenters. The minimum absolute atomic E-state index is 0.155. The number of thiocarbonyl (C=S) groups is 1. The van der Waals surface area contributed by atoms with Crippen LogP contribution in [-0.4, -0.2) is 37.3 Å². The SMILES string of the molecule is COc1ccc2oc(-c3ccc(C)c(NC(=S)NC(=O)c4ccc(OC)c(OC)c4)c3)nc2c1. The lowest BCUT2D eigenvalue weighted by Crippen LogP contribution is -2.34. The first-order valence-corrected chi connectivity index (χ1v) is 10.7. The molecule has 1 aromatic heterocycles. The molecular weight excluding hydrogens is 454 g/mol. The number of amides is 1. The van der Waals surface area contributed by atoms with E-state index in [1.54, 1.807) is 25.3 Å². The fraction of sp³-hybridized carbons (Fsp3) is 0.160. The van der Waals surface area contributed by atoms with Gasteiger partial charge in [-0.2, -0.15) is 0 Å². The monoisotopic (exact) mass is 477 g/mol. The first-order valence-electron chi connectivity index (χ1n) is 10.3. The summed E-state index contributed by atoms with van der Waals surface area (Å²) in [5, 5.41) is 5.92. The first kappa shape index (κ1) is 23.1.